The van der Waals surface area contributed by atoms with Gasteiger partial charge >= 0.3 is 0 Å². The molecule has 0 saturated carbocycles. The molecular formula is C20H21N7O3. The Morgan fingerprint density at radius 3 is 2.20 bits per heavy atom. The quantitative estimate of drug-likeness (QED) is 0.383. The fourth-order valence-corrected chi connectivity index (χ4v) is 2.75. The zero-order valence-corrected chi connectivity index (χ0v) is 16.3. The largest absolute Gasteiger partial charge is 0.399 e. The van der Waals surface area contributed by atoms with Gasteiger partial charge in [0.15, 0.2) is 0 Å². The molecule has 30 heavy (non-hydrogen) atoms. The number of aliphatic hydroxyl groups excluding tert-OH is 2. The number of carbonyl (C=O) groups excluding carboxylic acids is 1. The number of hydrogen-bond acceptors (Lipinski definition) is 9. The minimum absolute atomic E-state index is 0.0780. The molecule has 1 amide bonds. The minimum Gasteiger partial charge on any atom is -0.399 e. The predicted molar refractivity (Wildman–Crippen MR) is 112 cm³/mol. The Kier molecular flexibility index (Phi) is 7.82. The number of rotatable bonds is 8. The number of nitrogens with one attached hydrogen (secondary N) is 1. The number of aliphatic hydroxyl groups is 2. The van der Waals surface area contributed by atoms with Crippen molar-refractivity contribution in [2.45, 2.75) is 6.92 Å². The Morgan fingerprint density at radius 1 is 1.10 bits per heavy atom. The van der Waals surface area contributed by atoms with Crippen molar-refractivity contribution in [3.8, 4) is 12.1 Å². The number of nitriles is 2. The molecule has 154 valence electrons. The second-order valence-corrected chi connectivity index (χ2v) is 6.21. The summed E-state index contributed by atoms with van der Waals surface area (Å²) in [5.74, 6) is -0.331. The third-order valence-corrected chi connectivity index (χ3v) is 4.03. The van der Waals surface area contributed by atoms with Crippen molar-refractivity contribution in [1.29, 1.82) is 10.5 Å². The van der Waals surface area contributed by atoms with Crippen LogP contribution in [0.5, 0.6) is 0 Å². The van der Waals surface area contributed by atoms with E-state index in [0.717, 1.165) is 0 Å². The molecule has 0 bridgehead atoms. The van der Waals surface area contributed by atoms with Crippen LogP contribution in [-0.2, 0) is 4.79 Å². The molecule has 10 nitrogen and oxygen atoms in total. The highest BCUT2D eigenvalue weighted by Crippen LogP contribution is 2.33. The van der Waals surface area contributed by atoms with Crippen molar-refractivity contribution in [3.63, 3.8) is 0 Å². The summed E-state index contributed by atoms with van der Waals surface area (Å²) in [6.07, 6.45) is 0. The molecule has 0 radical (unpaired) electrons. The summed E-state index contributed by atoms with van der Waals surface area (Å²) in [5.41, 5.74) is 7.54. The second kappa shape index (κ2) is 10.5. The lowest BCUT2D eigenvalue weighted by molar-refractivity contribution is -0.114. The van der Waals surface area contributed by atoms with Gasteiger partial charge in [-0.1, -0.05) is 0 Å². The average Bonchev–Trinajstić information content (AvgIpc) is 2.72. The van der Waals surface area contributed by atoms with Crippen LogP contribution in [0.15, 0.2) is 40.6 Å². The SMILES string of the molecule is CC(=O)Nc1cc(N(CCO)CCO)ccc1N=Nc1c(C#N)cc(N)cc1C#N. The van der Waals surface area contributed by atoms with Crippen LogP contribution in [0, 0.1) is 22.7 Å². The third kappa shape index (κ3) is 5.52. The molecule has 0 aliphatic carbocycles. The maximum absolute atomic E-state index is 11.6. The van der Waals surface area contributed by atoms with Crippen LogP contribution in [0.2, 0.25) is 0 Å². The van der Waals surface area contributed by atoms with Crippen LogP contribution in [0.1, 0.15) is 18.1 Å². The van der Waals surface area contributed by atoms with Gasteiger partial charge in [0.25, 0.3) is 0 Å². The van der Waals surface area contributed by atoms with Crippen LogP contribution in [0.25, 0.3) is 0 Å². The molecule has 2 aromatic rings. The van der Waals surface area contributed by atoms with Gasteiger partial charge in [-0.3, -0.25) is 4.79 Å². The van der Waals surface area contributed by atoms with Gasteiger partial charge in [-0.2, -0.15) is 10.5 Å². The number of amides is 1. The lowest BCUT2D eigenvalue weighted by Gasteiger charge is -2.23. The molecular weight excluding hydrogens is 386 g/mol. The van der Waals surface area contributed by atoms with E-state index in [9.17, 15) is 25.5 Å². The van der Waals surface area contributed by atoms with Gasteiger partial charge in [0, 0.05) is 31.4 Å². The van der Waals surface area contributed by atoms with E-state index >= 15 is 0 Å². The average molecular weight is 407 g/mol. The molecule has 2 rings (SSSR count). The molecule has 0 saturated heterocycles. The molecule has 0 aliphatic rings. The zero-order valence-electron chi connectivity index (χ0n) is 16.3. The lowest BCUT2D eigenvalue weighted by Crippen LogP contribution is -2.29. The van der Waals surface area contributed by atoms with Crippen molar-refractivity contribution >= 4 is 34.3 Å². The number of carbonyl (C=O) groups is 1. The molecule has 0 aromatic heterocycles. The zero-order chi connectivity index (χ0) is 22.1. The first-order chi connectivity index (χ1) is 14.4. The van der Waals surface area contributed by atoms with E-state index in [0.29, 0.717) is 30.2 Å². The molecule has 2 aromatic carbocycles. The topological polar surface area (TPSA) is 171 Å². The summed E-state index contributed by atoms with van der Waals surface area (Å²) < 4.78 is 0. The maximum Gasteiger partial charge on any atom is 0.221 e. The van der Waals surface area contributed by atoms with E-state index in [4.69, 9.17) is 5.73 Å². The monoisotopic (exact) mass is 407 g/mol. The highest BCUT2D eigenvalue weighted by Gasteiger charge is 2.13. The number of azo groups is 1. The van der Waals surface area contributed by atoms with Crippen LogP contribution in [0.4, 0.5) is 28.4 Å². The highest BCUT2D eigenvalue weighted by atomic mass is 16.3. The predicted octanol–water partition coefficient (Wildman–Crippen LogP) is 2.18. The van der Waals surface area contributed by atoms with Gasteiger partial charge in [-0.15, -0.1) is 10.2 Å². The van der Waals surface area contributed by atoms with E-state index in [-0.39, 0.29) is 41.6 Å². The Hall–Kier alpha value is -3.99. The maximum atomic E-state index is 11.6. The van der Waals surface area contributed by atoms with Crippen LogP contribution < -0.4 is 16.0 Å². The molecule has 0 spiro atoms. The van der Waals surface area contributed by atoms with Gasteiger partial charge in [0.1, 0.15) is 23.5 Å². The van der Waals surface area contributed by atoms with E-state index < -0.39 is 0 Å². The molecule has 10 heteroatoms. The van der Waals surface area contributed by atoms with E-state index in [1.54, 1.807) is 23.1 Å². The van der Waals surface area contributed by atoms with Gasteiger partial charge in [-0.05, 0) is 30.3 Å². The van der Waals surface area contributed by atoms with Crippen molar-refractivity contribution in [2.75, 3.05) is 42.3 Å². The molecule has 0 heterocycles. The first kappa shape index (κ1) is 22.3. The Morgan fingerprint density at radius 2 is 1.70 bits per heavy atom. The first-order valence-corrected chi connectivity index (χ1v) is 8.97. The van der Waals surface area contributed by atoms with Crippen LogP contribution >= 0.6 is 0 Å². The Balaban J connectivity index is 2.51. The second-order valence-electron chi connectivity index (χ2n) is 6.21. The molecule has 0 unspecified atom stereocenters. The third-order valence-electron chi connectivity index (χ3n) is 4.03. The number of nitrogens with two attached hydrogens (primary N) is 1. The standard InChI is InChI=1S/C20H21N7O3/c1-13(30)24-19-10-17(27(4-6-28)5-7-29)2-3-18(19)25-26-20-14(11-21)8-16(23)9-15(20)12-22/h2-3,8-10,28-29H,4-7,23H2,1H3,(H,24,30). The van der Waals surface area contributed by atoms with E-state index in [2.05, 4.69) is 15.5 Å². The van der Waals surface area contributed by atoms with Crippen molar-refractivity contribution in [2.24, 2.45) is 10.2 Å². The van der Waals surface area contributed by atoms with Gasteiger partial charge in [-0.25, -0.2) is 0 Å². The van der Waals surface area contributed by atoms with Crippen LogP contribution in [-0.4, -0.2) is 42.4 Å². The minimum atomic E-state index is -0.331. The summed E-state index contributed by atoms with van der Waals surface area (Å²) in [6.45, 7) is 1.71. The lowest BCUT2D eigenvalue weighted by atomic mass is 10.1. The number of anilines is 3. The molecule has 0 aliphatic heterocycles. The fourth-order valence-electron chi connectivity index (χ4n) is 2.75. The van der Waals surface area contributed by atoms with Gasteiger partial charge in [0.2, 0.25) is 5.91 Å². The first-order valence-electron chi connectivity index (χ1n) is 8.97. The summed E-state index contributed by atoms with van der Waals surface area (Å²) in [6, 6.07) is 11.6. The van der Waals surface area contributed by atoms with Crippen molar-refractivity contribution < 1.29 is 15.0 Å². The van der Waals surface area contributed by atoms with Crippen molar-refractivity contribution in [3.05, 3.63) is 41.5 Å². The van der Waals surface area contributed by atoms with Gasteiger partial charge < -0.3 is 26.2 Å². The number of nitrogens with zero attached hydrogens (tertiary/aromatic N) is 5. The molecule has 0 fully saturated rings. The van der Waals surface area contributed by atoms with E-state index in [1.807, 2.05) is 12.1 Å². The summed E-state index contributed by atoms with van der Waals surface area (Å²) in [4.78, 5) is 13.4. The number of benzene rings is 2. The van der Waals surface area contributed by atoms with Crippen LogP contribution in [0.3, 0.4) is 0 Å². The van der Waals surface area contributed by atoms with Crippen molar-refractivity contribution in [1.82, 2.24) is 0 Å². The Labute approximate surface area is 173 Å². The highest BCUT2D eigenvalue weighted by molar-refractivity contribution is 5.93. The molecule has 0 atom stereocenters. The summed E-state index contributed by atoms with van der Waals surface area (Å²) >= 11 is 0. The Bertz CT molecular complexity index is 997. The molecule has 5 N–H and O–H groups in total. The summed E-state index contributed by atoms with van der Waals surface area (Å²) in [7, 11) is 0. The smallest absolute Gasteiger partial charge is 0.221 e. The van der Waals surface area contributed by atoms with E-state index in [1.165, 1.54) is 19.1 Å². The van der Waals surface area contributed by atoms with Gasteiger partial charge in [0.05, 0.1) is 30.0 Å². The normalized spacial score (nSPS) is 10.4. The number of hydrogen-bond donors (Lipinski definition) is 4. The fraction of sp³-hybridized carbons (Fsp3) is 0.250. The number of nitrogen functional groups attached to an aromatic ring is 1. The summed E-state index contributed by atoms with van der Waals surface area (Å²) in [5, 5.41) is 47.9.